The zero-order valence-corrected chi connectivity index (χ0v) is 19.8. The molecule has 0 aliphatic carbocycles. The van der Waals surface area contributed by atoms with Crippen LogP contribution in [0.2, 0.25) is 0 Å². The van der Waals surface area contributed by atoms with E-state index in [1.807, 2.05) is 4.90 Å². The van der Waals surface area contributed by atoms with Crippen molar-refractivity contribution in [2.45, 2.75) is 18.6 Å². The summed E-state index contributed by atoms with van der Waals surface area (Å²) in [5, 5.41) is 5.00. The highest BCUT2D eigenvalue weighted by atomic mass is 19.4. The lowest BCUT2D eigenvalue weighted by atomic mass is 10.1. The van der Waals surface area contributed by atoms with Crippen molar-refractivity contribution in [2.24, 2.45) is 0 Å². The summed E-state index contributed by atoms with van der Waals surface area (Å²) in [7, 11) is 0. The van der Waals surface area contributed by atoms with E-state index in [-0.39, 0.29) is 42.9 Å². The van der Waals surface area contributed by atoms with E-state index in [2.05, 4.69) is 10.6 Å². The van der Waals surface area contributed by atoms with Gasteiger partial charge in [0.25, 0.3) is 5.91 Å². The third kappa shape index (κ3) is 6.47. The van der Waals surface area contributed by atoms with Gasteiger partial charge < -0.3 is 24.9 Å². The highest BCUT2D eigenvalue weighted by Crippen LogP contribution is 2.30. The molecular weight excluding hydrogens is 495 g/mol. The smallest absolute Gasteiger partial charge is 0.416 e. The normalized spacial score (nSPS) is 18.9. The summed E-state index contributed by atoms with van der Waals surface area (Å²) in [4.78, 5) is 55.4. The largest absolute Gasteiger partial charge is 0.459 e. The number of anilines is 1. The number of carbonyl (C=O) groups is 4. The third-order valence-electron chi connectivity index (χ3n) is 6.25. The number of hydrogen-bond donors (Lipinski definition) is 2. The van der Waals surface area contributed by atoms with Gasteiger partial charge in [-0.1, -0.05) is 6.07 Å². The summed E-state index contributed by atoms with van der Waals surface area (Å²) in [5.41, 5.74) is -0.973. The van der Waals surface area contributed by atoms with Crippen LogP contribution < -0.4 is 10.6 Å². The molecule has 10 nitrogen and oxygen atoms in total. The van der Waals surface area contributed by atoms with Crippen LogP contribution >= 0.6 is 0 Å². The number of piperazine rings is 2. The average molecular weight is 521 g/mol. The lowest BCUT2D eigenvalue weighted by Crippen LogP contribution is -2.60. The molecule has 13 heteroatoms. The molecule has 2 N–H and O–H groups in total. The van der Waals surface area contributed by atoms with Crippen molar-refractivity contribution in [3.8, 4) is 0 Å². The van der Waals surface area contributed by atoms with E-state index in [4.69, 9.17) is 4.42 Å². The lowest BCUT2D eigenvalue weighted by molar-refractivity contribution is -0.145. The maximum Gasteiger partial charge on any atom is 0.416 e. The van der Waals surface area contributed by atoms with Crippen molar-refractivity contribution in [3.05, 3.63) is 54.0 Å². The summed E-state index contributed by atoms with van der Waals surface area (Å²) in [5.74, 6) is -1.53. The fourth-order valence-electron chi connectivity index (χ4n) is 4.32. The minimum Gasteiger partial charge on any atom is -0.459 e. The van der Waals surface area contributed by atoms with Gasteiger partial charge in [-0.15, -0.1) is 0 Å². The van der Waals surface area contributed by atoms with Crippen molar-refractivity contribution in [2.75, 3.05) is 51.1 Å². The Labute approximate surface area is 210 Å². The van der Waals surface area contributed by atoms with Gasteiger partial charge >= 0.3 is 6.18 Å². The van der Waals surface area contributed by atoms with E-state index < -0.39 is 36.0 Å². The Kier molecular flexibility index (Phi) is 7.81. The molecule has 0 bridgehead atoms. The van der Waals surface area contributed by atoms with E-state index in [0.29, 0.717) is 26.2 Å². The highest BCUT2D eigenvalue weighted by molar-refractivity contribution is 5.97. The first-order chi connectivity index (χ1) is 17.6. The van der Waals surface area contributed by atoms with Gasteiger partial charge in [0.15, 0.2) is 5.76 Å². The highest BCUT2D eigenvalue weighted by Gasteiger charge is 2.36. The van der Waals surface area contributed by atoms with Crippen molar-refractivity contribution in [1.29, 1.82) is 0 Å². The fourth-order valence-corrected chi connectivity index (χ4v) is 4.32. The van der Waals surface area contributed by atoms with Crippen molar-refractivity contribution in [1.82, 2.24) is 20.0 Å². The second-order valence-corrected chi connectivity index (χ2v) is 8.77. The molecule has 1 unspecified atom stereocenters. The van der Waals surface area contributed by atoms with Crippen LogP contribution in [-0.2, 0) is 20.6 Å². The van der Waals surface area contributed by atoms with Crippen LogP contribution in [0.25, 0.3) is 0 Å². The van der Waals surface area contributed by atoms with Crippen LogP contribution in [0.15, 0.2) is 47.1 Å². The number of hydrogen-bond acceptors (Lipinski definition) is 6. The van der Waals surface area contributed by atoms with E-state index in [0.717, 1.165) is 12.1 Å². The molecule has 1 aromatic heterocycles. The van der Waals surface area contributed by atoms with Crippen LogP contribution in [-0.4, -0.2) is 90.2 Å². The number of rotatable bonds is 6. The molecule has 1 atom stereocenters. The van der Waals surface area contributed by atoms with E-state index >= 15 is 0 Å². The SMILES string of the molecule is O=C(CC1C(=O)NCCN1C(=O)CN1CCN(C(=O)c2ccco2)CC1)Nc1cccc(C(F)(F)F)c1. The van der Waals surface area contributed by atoms with Gasteiger partial charge in [-0.25, -0.2) is 0 Å². The van der Waals surface area contributed by atoms with Crippen LogP contribution in [0.5, 0.6) is 0 Å². The maximum atomic E-state index is 13.1. The predicted molar refractivity (Wildman–Crippen MR) is 124 cm³/mol. The lowest BCUT2D eigenvalue weighted by Gasteiger charge is -2.38. The Morgan fingerprint density at radius 1 is 1.05 bits per heavy atom. The van der Waals surface area contributed by atoms with Gasteiger partial charge in [0.2, 0.25) is 17.7 Å². The monoisotopic (exact) mass is 521 g/mol. The van der Waals surface area contributed by atoms with E-state index in [9.17, 15) is 32.3 Å². The predicted octanol–water partition coefficient (Wildman–Crippen LogP) is 1.41. The first kappa shape index (κ1) is 26.2. The molecule has 0 saturated carbocycles. The minimum atomic E-state index is -4.56. The topological polar surface area (TPSA) is 115 Å². The van der Waals surface area contributed by atoms with Gasteiger partial charge in [0, 0.05) is 45.0 Å². The Morgan fingerprint density at radius 2 is 1.81 bits per heavy atom. The number of nitrogens with one attached hydrogen (secondary N) is 2. The minimum absolute atomic E-state index is 0.00180. The molecule has 2 aliphatic heterocycles. The standard InChI is InChI=1S/C24H26F3N5O5/c25-24(26,27)16-3-1-4-17(13-16)29-20(33)14-18-22(35)28-6-7-32(18)21(34)15-30-8-10-31(11-9-30)23(36)19-5-2-12-37-19/h1-5,12-13,18H,6-11,14-15H2,(H,28,35)(H,29,33). The number of amides is 4. The van der Waals surface area contributed by atoms with Gasteiger partial charge in [-0.3, -0.25) is 24.1 Å². The first-order valence-electron chi connectivity index (χ1n) is 11.7. The molecule has 0 radical (unpaired) electrons. The molecule has 3 heterocycles. The van der Waals surface area contributed by atoms with Crippen LogP contribution in [0.3, 0.4) is 0 Å². The number of carbonyl (C=O) groups excluding carboxylic acids is 4. The van der Waals surface area contributed by atoms with E-state index in [1.54, 1.807) is 17.0 Å². The molecule has 37 heavy (non-hydrogen) atoms. The van der Waals surface area contributed by atoms with Gasteiger partial charge in [-0.05, 0) is 30.3 Å². The molecule has 2 aliphatic rings. The molecule has 2 saturated heterocycles. The average Bonchev–Trinajstić information content (AvgIpc) is 3.40. The zero-order chi connectivity index (χ0) is 26.6. The quantitative estimate of drug-likeness (QED) is 0.594. The van der Waals surface area contributed by atoms with Gasteiger partial charge in [0.1, 0.15) is 6.04 Å². The Morgan fingerprint density at radius 3 is 2.49 bits per heavy atom. The van der Waals surface area contributed by atoms with Crippen molar-refractivity contribution >= 4 is 29.3 Å². The second kappa shape index (κ2) is 11.0. The Bertz CT molecular complexity index is 1150. The second-order valence-electron chi connectivity index (χ2n) is 8.77. The third-order valence-corrected chi connectivity index (χ3v) is 6.25. The number of halogens is 3. The first-order valence-corrected chi connectivity index (χ1v) is 11.7. The zero-order valence-electron chi connectivity index (χ0n) is 19.8. The molecular formula is C24H26F3N5O5. The Hall–Kier alpha value is -3.87. The van der Waals surface area contributed by atoms with Crippen molar-refractivity contribution in [3.63, 3.8) is 0 Å². The van der Waals surface area contributed by atoms with E-state index in [1.165, 1.54) is 23.3 Å². The maximum absolute atomic E-state index is 13.1. The number of alkyl halides is 3. The number of benzene rings is 1. The van der Waals surface area contributed by atoms with Crippen LogP contribution in [0, 0.1) is 0 Å². The van der Waals surface area contributed by atoms with Gasteiger partial charge in [0.05, 0.1) is 24.8 Å². The van der Waals surface area contributed by atoms with Gasteiger partial charge in [-0.2, -0.15) is 13.2 Å². The molecule has 1 aromatic carbocycles. The Balaban J connectivity index is 1.33. The molecule has 4 amide bonds. The molecule has 2 aromatic rings. The van der Waals surface area contributed by atoms with Crippen LogP contribution in [0.4, 0.5) is 18.9 Å². The summed E-state index contributed by atoms with van der Waals surface area (Å²) in [6.07, 6.45) is -3.54. The summed E-state index contributed by atoms with van der Waals surface area (Å²) < 4.78 is 44.0. The number of nitrogens with zero attached hydrogens (tertiary/aromatic N) is 3. The molecule has 4 rings (SSSR count). The van der Waals surface area contributed by atoms with Crippen LogP contribution in [0.1, 0.15) is 22.5 Å². The number of furan rings is 1. The molecule has 198 valence electrons. The fraction of sp³-hybridized carbons (Fsp3) is 0.417. The summed E-state index contributed by atoms with van der Waals surface area (Å²) in [6, 6.07) is 6.30. The van der Waals surface area contributed by atoms with Crippen molar-refractivity contribution < 1.29 is 36.8 Å². The summed E-state index contributed by atoms with van der Waals surface area (Å²) >= 11 is 0. The molecule has 0 spiro atoms. The molecule has 2 fully saturated rings. The summed E-state index contributed by atoms with van der Waals surface area (Å²) in [6.45, 7) is 2.11.